The van der Waals surface area contributed by atoms with E-state index in [0.29, 0.717) is 0 Å². The van der Waals surface area contributed by atoms with Crippen molar-refractivity contribution in [2.24, 2.45) is 0 Å². The molecule has 0 radical (unpaired) electrons. The SMILES string of the molecule is Cc1sc2nc(C(C)(C)C)c(/C=C/C(=O)O)n2c1C. The van der Waals surface area contributed by atoms with E-state index < -0.39 is 5.97 Å². The van der Waals surface area contributed by atoms with Crippen LogP contribution in [0.3, 0.4) is 0 Å². The highest BCUT2D eigenvalue weighted by molar-refractivity contribution is 7.17. The molecule has 2 aromatic heterocycles. The number of aromatic nitrogens is 2. The first kappa shape index (κ1) is 13.8. The Hall–Kier alpha value is -1.62. The molecule has 0 saturated carbocycles. The number of thiazole rings is 1. The fourth-order valence-corrected chi connectivity index (χ4v) is 3.00. The van der Waals surface area contributed by atoms with Crippen molar-refractivity contribution >= 4 is 28.3 Å². The van der Waals surface area contributed by atoms with Gasteiger partial charge in [-0.05, 0) is 19.9 Å². The maximum Gasteiger partial charge on any atom is 0.328 e. The number of hydrogen-bond acceptors (Lipinski definition) is 3. The van der Waals surface area contributed by atoms with Gasteiger partial charge in [-0.1, -0.05) is 20.8 Å². The molecule has 2 aromatic rings. The first-order chi connectivity index (χ1) is 8.71. The molecule has 0 spiro atoms. The molecule has 4 nitrogen and oxygen atoms in total. The summed E-state index contributed by atoms with van der Waals surface area (Å²) >= 11 is 1.63. The smallest absolute Gasteiger partial charge is 0.328 e. The molecule has 19 heavy (non-hydrogen) atoms. The summed E-state index contributed by atoms with van der Waals surface area (Å²) in [5.74, 6) is -0.945. The number of carboxylic acid groups (broad SMARTS) is 1. The number of imidazole rings is 1. The molecule has 5 heteroatoms. The van der Waals surface area contributed by atoms with Gasteiger partial charge in [-0.2, -0.15) is 0 Å². The van der Waals surface area contributed by atoms with Crippen molar-refractivity contribution in [1.29, 1.82) is 0 Å². The lowest BCUT2D eigenvalue weighted by Gasteiger charge is -2.16. The van der Waals surface area contributed by atoms with Crippen LogP contribution < -0.4 is 0 Å². The Bertz CT molecular complexity index is 672. The van der Waals surface area contributed by atoms with Crippen LogP contribution in [-0.2, 0) is 10.2 Å². The lowest BCUT2D eigenvalue weighted by Crippen LogP contribution is -2.14. The summed E-state index contributed by atoms with van der Waals surface area (Å²) in [7, 11) is 0. The van der Waals surface area contributed by atoms with Crippen LogP contribution in [0.2, 0.25) is 0 Å². The predicted molar refractivity (Wildman–Crippen MR) is 77.9 cm³/mol. The van der Waals surface area contributed by atoms with Crippen molar-refractivity contribution in [2.45, 2.75) is 40.0 Å². The molecule has 0 amide bonds. The van der Waals surface area contributed by atoms with E-state index in [4.69, 9.17) is 5.11 Å². The topological polar surface area (TPSA) is 54.6 Å². The van der Waals surface area contributed by atoms with E-state index in [2.05, 4.69) is 32.7 Å². The number of carbonyl (C=O) groups is 1. The van der Waals surface area contributed by atoms with E-state index in [1.54, 1.807) is 17.4 Å². The van der Waals surface area contributed by atoms with Gasteiger partial charge in [0.05, 0.1) is 11.4 Å². The summed E-state index contributed by atoms with van der Waals surface area (Å²) in [4.78, 5) is 17.6. The van der Waals surface area contributed by atoms with Gasteiger partial charge < -0.3 is 5.11 Å². The van der Waals surface area contributed by atoms with Crippen molar-refractivity contribution in [3.63, 3.8) is 0 Å². The van der Waals surface area contributed by atoms with Gasteiger partial charge in [-0.15, -0.1) is 11.3 Å². The highest BCUT2D eigenvalue weighted by Gasteiger charge is 2.24. The highest BCUT2D eigenvalue weighted by atomic mass is 32.1. The minimum atomic E-state index is -0.945. The molecule has 0 aliphatic heterocycles. The zero-order valence-electron chi connectivity index (χ0n) is 11.8. The Morgan fingerprint density at radius 1 is 1.37 bits per heavy atom. The summed E-state index contributed by atoms with van der Waals surface area (Å²) < 4.78 is 2.04. The zero-order chi connectivity index (χ0) is 14.4. The number of aryl methyl sites for hydroxylation is 2. The third kappa shape index (κ3) is 2.42. The Labute approximate surface area is 116 Å². The van der Waals surface area contributed by atoms with Crippen LogP contribution in [0.5, 0.6) is 0 Å². The van der Waals surface area contributed by atoms with Crippen molar-refractivity contribution in [1.82, 2.24) is 9.38 Å². The number of carboxylic acids is 1. The van der Waals surface area contributed by atoms with Crippen LogP contribution in [0.15, 0.2) is 6.08 Å². The first-order valence-electron chi connectivity index (χ1n) is 6.11. The van der Waals surface area contributed by atoms with Crippen LogP contribution in [-0.4, -0.2) is 20.5 Å². The van der Waals surface area contributed by atoms with E-state index in [1.807, 2.05) is 11.3 Å². The molecule has 0 aliphatic rings. The summed E-state index contributed by atoms with van der Waals surface area (Å²) in [5.41, 5.74) is 2.80. The van der Waals surface area contributed by atoms with E-state index >= 15 is 0 Å². The third-order valence-electron chi connectivity index (χ3n) is 3.07. The van der Waals surface area contributed by atoms with E-state index in [-0.39, 0.29) is 5.41 Å². The lowest BCUT2D eigenvalue weighted by molar-refractivity contribution is -0.131. The third-order valence-corrected chi connectivity index (χ3v) is 4.12. The molecule has 2 rings (SSSR count). The monoisotopic (exact) mass is 278 g/mol. The molecule has 0 fully saturated rings. The Balaban J connectivity index is 2.76. The van der Waals surface area contributed by atoms with Gasteiger partial charge in [0.25, 0.3) is 0 Å². The molecule has 0 aliphatic carbocycles. The predicted octanol–water partition coefficient (Wildman–Crippen LogP) is 3.41. The van der Waals surface area contributed by atoms with Gasteiger partial charge >= 0.3 is 5.97 Å². The molecule has 0 atom stereocenters. The molecule has 1 N–H and O–H groups in total. The van der Waals surface area contributed by atoms with E-state index in [9.17, 15) is 4.79 Å². The van der Waals surface area contributed by atoms with E-state index in [0.717, 1.165) is 22.0 Å². The quantitative estimate of drug-likeness (QED) is 0.856. The van der Waals surface area contributed by atoms with Crippen molar-refractivity contribution in [3.05, 3.63) is 28.0 Å². The highest BCUT2D eigenvalue weighted by Crippen LogP contribution is 2.32. The number of fused-ring (bicyclic) bond motifs is 1. The van der Waals surface area contributed by atoms with Gasteiger partial charge in [0.2, 0.25) is 0 Å². The summed E-state index contributed by atoms with van der Waals surface area (Å²) in [6.45, 7) is 10.3. The Morgan fingerprint density at radius 2 is 2.00 bits per heavy atom. The number of hydrogen-bond donors (Lipinski definition) is 1. The van der Waals surface area contributed by atoms with Crippen molar-refractivity contribution in [3.8, 4) is 0 Å². The average molecular weight is 278 g/mol. The molecule has 0 saturated heterocycles. The summed E-state index contributed by atoms with van der Waals surface area (Å²) in [6.07, 6.45) is 2.81. The zero-order valence-corrected chi connectivity index (χ0v) is 12.6. The second kappa shape index (κ2) is 4.49. The van der Waals surface area contributed by atoms with Crippen LogP contribution >= 0.6 is 11.3 Å². The maximum atomic E-state index is 10.8. The molecule has 0 bridgehead atoms. The minimum absolute atomic E-state index is 0.121. The average Bonchev–Trinajstić information content (AvgIpc) is 2.74. The maximum absolute atomic E-state index is 10.8. The largest absolute Gasteiger partial charge is 0.478 e. The van der Waals surface area contributed by atoms with Gasteiger partial charge in [0.15, 0.2) is 4.96 Å². The molecular weight excluding hydrogens is 260 g/mol. The Morgan fingerprint density at radius 3 is 2.53 bits per heavy atom. The fourth-order valence-electron chi connectivity index (χ4n) is 2.03. The second-order valence-corrected chi connectivity index (χ2v) is 6.81. The van der Waals surface area contributed by atoms with Crippen LogP contribution in [0.4, 0.5) is 0 Å². The van der Waals surface area contributed by atoms with Crippen LogP contribution in [0.25, 0.3) is 11.0 Å². The second-order valence-electron chi connectivity index (χ2n) is 5.63. The Kier molecular flexibility index (Phi) is 3.26. The molecule has 102 valence electrons. The fraction of sp³-hybridized carbons (Fsp3) is 0.429. The minimum Gasteiger partial charge on any atom is -0.478 e. The van der Waals surface area contributed by atoms with Crippen LogP contribution in [0, 0.1) is 13.8 Å². The van der Waals surface area contributed by atoms with Gasteiger partial charge in [-0.25, -0.2) is 9.78 Å². The van der Waals surface area contributed by atoms with Gasteiger partial charge in [0.1, 0.15) is 0 Å². The summed E-state index contributed by atoms with van der Waals surface area (Å²) in [5, 5.41) is 8.84. The van der Waals surface area contributed by atoms with Crippen molar-refractivity contribution < 1.29 is 9.90 Å². The molecular formula is C14H18N2O2S. The standard InChI is InChI=1S/C14H18N2O2S/c1-8-9(2)19-13-15-12(14(3,4)5)10(16(8)13)6-7-11(17)18/h6-7H,1-5H3,(H,17,18)/b7-6+. The lowest BCUT2D eigenvalue weighted by atomic mass is 9.90. The number of aliphatic carboxylic acids is 1. The molecule has 2 heterocycles. The number of nitrogens with zero attached hydrogens (tertiary/aromatic N) is 2. The summed E-state index contributed by atoms with van der Waals surface area (Å²) in [6, 6.07) is 0. The molecule has 0 aromatic carbocycles. The first-order valence-corrected chi connectivity index (χ1v) is 6.93. The van der Waals surface area contributed by atoms with Crippen LogP contribution in [0.1, 0.15) is 42.7 Å². The normalized spacial score (nSPS) is 12.7. The van der Waals surface area contributed by atoms with Gasteiger partial charge in [0, 0.05) is 22.1 Å². The van der Waals surface area contributed by atoms with E-state index in [1.165, 1.54) is 11.0 Å². The molecule has 0 unspecified atom stereocenters. The van der Waals surface area contributed by atoms with Crippen molar-refractivity contribution in [2.75, 3.05) is 0 Å². The number of rotatable bonds is 2. The van der Waals surface area contributed by atoms with Gasteiger partial charge in [-0.3, -0.25) is 4.40 Å².